The zero-order valence-corrected chi connectivity index (χ0v) is 9.84. The van der Waals surface area contributed by atoms with Gasteiger partial charge in [-0.05, 0) is 18.2 Å². The standard InChI is InChI=1S/C12H13N3O3/c1-18-12-5-4-10(15(16)17)7-11(12)14-8-9-3-2-6-13-9/h2-7,13-14H,8H2,1H3. The smallest absolute Gasteiger partial charge is 0.271 e. The van der Waals surface area contributed by atoms with Gasteiger partial charge in [-0.25, -0.2) is 0 Å². The molecule has 1 heterocycles. The molecule has 1 aromatic heterocycles. The Kier molecular flexibility index (Phi) is 3.47. The van der Waals surface area contributed by atoms with Gasteiger partial charge in [-0.3, -0.25) is 10.1 Å². The summed E-state index contributed by atoms with van der Waals surface area (Å²) in [6, 6.07) is 8.27. The molecule has 94 valence electrons. The van der Waals surface area contributed by atoms with E-state index >= 15 is 0 Å². The molecular weight excluding hydrogens is 234 g/mol. The van der Waals surface area contributed by atoms with E-state index in [1.54, 1.807) is 6.07 Å². The van der Waals surface area contributed by atoms with E-state index in [-0.39, 0.29) is 5.69 Å². The summed E-state index contributed by atoms with van der Waals surface area (Å²) >= 11 is 0. The van der Waals surface area contributed by atoms with Crippen LogP contribution in [0.25, 0.3) is 0 Å². The van der Waals surface area contributed by atoms with E-state index in [1.807, 2.05) is 18.3 Å². The molecule has 6 nitrogen and oxygen atoms in total. The van der Waals surface area contributed by atoms with Crippen molar-refractivity contribution in [3.8, 4) is 5.75 Å². The second-order valence-corrected chi connectivity index (χ2v) is 3.69. The van der Waals surface area contributed by atoms with E-state index in [0.717, 1.165) is 5.69 Å². The van der Waals surface area contributed by atoms with Crippen LogP contribution in [0.1, 0.15) is 5.69 Å². The fraction of sp³-hybridized carbons (Fsp3) is 0.167. The summed E-state index contributed by atoms with van der Waals surface area (Å²) in [4.78, 5) is 13.3. The average Bonchev–Trinajstić information content (AvgIpc) is 2.89. The number of nitro groups is 1. The third kappa shape index (κ3) is 2.60. The minimum absolute atomic E-state index is 0.0322. The molecule has 0 unspecified atom stereocenters. The lowest BCUT2D eigenvalue weighted by Gasteiger charge is -2.10. The van der Waals surface area contributed by atoms with E-state index in [2.05, 4.69) is 10.3 Å². The molecule has 0 aliphatic carbocycles. The van der Waals surface area contributed by atoms with Crippen LogP contribution in [0.2, 0.25) is 0 Å². The molecule has 18 heavy (non-hydrogen) atoms. The van der Waals surface area contributed by atoms with Crippen LogP contribution in [0.15, 0.2) is 36.5 Å². The van der Waals surface area contributed by atoms with Gasteiger partial charge in [0.25, 0.3) is 5.69 Å². The van der Waals surface area contributed by atoms with Crippen LogP contribution < -0.4 is 10.1 Å². The fourth-order valence-corrected chi connectivity index (χ4v) is 1.62. The van der Waals surface area contributed by atoms with Gasteiger partial charge >= 0.3 is 0 Å². The Morgan fingerprint density at radius 3 is 2.89 bits per heavy atom. The van der Waals surface area contributed by atoms with Crippen molar-refractivity contribution >= 4 is 11.4 Å². The van der Waals surface area contributed by atoms with Gasteiger partial charge in [-0.1, -0.05) is 0 Å². The third-order valence-corrected chi connectivity index (χ3v) is 2.53. The molecule has 2 rings (SSSR count). The minimum Gasteiger partial charge on any atom is -0.495 e. The van der Waals surface area contributed by atoms with Crippen LogP contribution in [0.3, 0.4) is 0 Å². The quantitative estimate of drug-likeness (QED) is 0.628. The maximum Gasteiger partial charge on any atom is 0.271 e. The summed E-state index contributed by atoms with van der Waals surface area (Å²) in [5.41, 5.74) is 1.62. The van der Waals surface area contributed by atoms with E-state index in [1.165, 1.54) is 19.2 Å². The van der Waals surface area contributed by atoms with Gasteiger partial charge in [0, 0.05) is 24.0 Å². The molecule has 1 aromatic carbocycles. The highest BCUT2D eigenvalue weighted by Crippen LogP contribution is 2.29. The summed E-state index contributed by atoms with van der Waals surface area (Å²) in [6.07, 6.45) is 1.82. The highest BCUT2D eigenvalue weighted by molar-refractivity contribution is 5.61. The number of non-ortho nitro benzene ring substituents is 1. The lowest BCUT2D eigenvalue weighted by Crippen LogP contribution is -2.02. The molecule has 0 radical (unpaired) electrons. The van der Waals surface area contributed by atoms with Crippen molar-refractivity contribution in [3.63, 3.8) is 0 Å². The number of H-pyrrole nitrogens is 1. The second kappa shape index (κ2) is 5.22. The first-order chi connectivity index (χ1) is 8.70. The van der Waals surface area contributed by atoms with E-state index in [4.69, 9.17) is 4.74 Å². The lowest BCUT2D eigenvalue weighted by molar-refractivity contribution is -0.384. The predicted molar refractivity (Wildman–Crippen MR) is 67.8 cm³/mol. The molecule has 0 fully saturated rings. The number of methoxy groups -OCH3 is 1. The summed E-state index contributed by atoms with van der Waals surface area (Å²) in [5, 5.41) is 13.8. The highest BCUT2D eigenvalue weighted by atomic mass is 16.6. The molecule has 0 atom stereocenters. The Morgan fingerprint density at radius 1 is 1.44 bits per heavy atom. The number of ether oxygens (including phenoxy) is 1. The van der Waals surface area contributed by atoms with E-state index < -0.39 is 4.92 Å². The van der Waals surface area contributed by atoms with Crippen LogP contribution in [-0.4, -0.2) is 17.0 Å². The van der Waals surface area contributed by atoms with Crippen molar-refractivity contribution in [2.75, 3.05) is 12.4 Å². The van der Waals surface area contributed by atoms with Crippen molar-refractivity contribution in [2.24, 2.45) is 0 Å². The number of hydrogen-bond acceptors (Lipinski definition) is 4. The normalized spacial score (nSPS) is 10.1. The van der Waals surface area contributed by atoms with Crippen LogP contribution in [0.5, 0.6) is 5.75 Å². The van der Waals surface area contributed by atoms with Crippen LogP contribution in [-0.2, 0) is 6.54 Å². The number of hydrogen-bond donors (Lipinski definition) is 2. The lowest BCUT2D eigenvalue weighted by atomic mass is 10.2. The number of aromatic amines is 1. The fourth-order valence-electron chi connectivity index (χ4n) is 1.62. The molecule has 6 heteroatoms. The molecule has 0 spiro atoms. The van der Waals surface area contributed by atoms with Gasteiger partial charge < -0.3 is 15.0 Å². The average molecular weight is 247 g/mol. The van der Waals surface area contributed by atoms with Gasteiger partial charge in [-0.2, -0.15) is 0 Å². The Balaban J connectivity index is 2.18. The Bertz CT molecular complexity index is 538. The maximum atomic E-state index is 10.7. The zero-order valence-electron chi connectivity index (χ0n) is 9.84. The topological polar surface area (TPSA) is 80.2 Å². The molecule has 2 aromatic rings. The van der Waals surface area contributed by atoms with Crippen LogP contribution in [0, 0.1) is 10.1 Å². The molecule has 0 saturated carbocycles. The number of nitrogens with zero attached hydrogens (tertiary/aromatic N) is 1. The second-order valence-electron chi connectivity index (χ2n) is 3.69. The Labute approximate surface area is 104 Å². The Hall–Kier alpha value is -2.50. The first-order valence-electron chi connectivity index (χ1n) is 5.39. The summed E-state index contributed by atoms with van der Waals surface area (Å²) in [7, 11) is 1.53. The summed E-state index contributed by atoms with van der Waals surface area (Å²) in [6.45, 7) is 0.546. The third-order valence-electron chi connectivity index (χ3n) is 2.53. The maximum absolute atomic E-state index is 10.7. The van der Waals surface area contributed by atoms with Crippen molar-refractivity contribution in [2.45, 2.75) is 6.54 Å². The van der Waals surface area contributed by atoms with E-state index in [0.29, 0.717) is 18.0 Å². The van der Waals surface area contributed by atoms with Gasteiger partial charge in [0.15, 0.2) is 0 Å². The molecule has 0 aliphatic heterocycles. The van der Waals surface area contributed by atoms with Crippen molar-refractivity contribution in [1.29, 1.82) is 0 Å². The van der Waals surface area contributed by atoms with E-state index in [9.17, 15) is 10.1 Å². The number of aromatic nitrogens is 1. The molecule has 0 bridgehead atoms. The van der Waals surface area contributed by atoms with Crippen LogP contribution >= 0.6 is 0 Å². The van der Waals surface area contributed by atoms with Crippen molar-refractivity contribution < 1.29 is 9.66 Å². The Morgan fingerprint density at radius 2 is 2.28 bits per heavy atom. The number of anilines is 1. The number of nitrogens with one attached hydrogen (secondary N) is 2. The monoisotopic (exact) mass is 247 g/mol. The van der Waals surface area contributed by atoms with Gasteiger partial charge in [0.05, 0.1) is 24.3 Å². The van der Waals surface area contributed by atoms with Gasteiger partial charge in [0.1, 0.15) is 5.75 Å². The van der Waals surface area contributed by atoms with Crippen molar-refractivity contribution in [1.82, 2.24) is 4.98 Å². The first kappa shape index (κ1) is 12.0. The number of rotatable bonds is 5. The molecular formula is C12H13N3O3. The highest BCUT2D eigenvalue weighted by Gasteiger charge is 2.11. The van der Waals surface area contributed by atoms with Gasteiger partial charge in [0.2, 0.25) is 0 Å². The first-order valence-corrected chi connectivity index (χ1v) is 5.39. The summed E-state index contributed by atoms with van der Waals surface area (Å²) in [5.74, 6) is 0.576. The van der Waals surface area contributed by atoms with Crippen LogP contribution in [0.4, 0.5) is 11.4 Å². The molecule has 2 N–H and O–H groups in total. The number of benzene rings is 1. The minimum atomic E-state index is -0.431. The molecule has 0 amide bonds. The van der Waals surface area contributed by atoms with Gasteiger partial charge in [-0.15, -0.1) is 0 Å². The SMILES string of the molecule is COc1ccc([N+](=O)[O-])cc1NCc1ccc[nH]1. The summed E-state index contributed by atoms with van der Waals surface area (Å²) < 4.78 is 5.15. The zero-order chi connectivity index (χ0) is 13.0. The molecule has 0 aliphatic rings. The largest absolute Gasteiger partial charge is 0.495 e. The van der Waals surface area contributed by atoms with Crippen molar-refractivity contribution in [3.05, 3.63) is 52.3 Å². The molecule has 0 saturated heterocycles. The number of nitro benzene ring substituents is 1. The predicted octanol–water partition coefficient (Wildman–Crippen LogP) is 2.54.